The Hall–Kier alpha value is -1.86. The van der Waals surface area contributed by atoms with Crippen LogP contribution in [0.4, 0.5) is 11.9 Å². The van der Waals surface area contributed by atoms with Crippen molar-refractivity contribution in [3.63, 3.8) is 0 Å². The molecule has 1 aliphatic heterocycles. The summed E-state index contributed by atoms with van der Waals surface area (Å²) in [6, 6.07) is 8.28. The summed E-state index contributed by atoms with van der Waals surface area (Å²) in [7, 11) is 0. The normalized spacial score (nSPS) is 14.5. The molecular formula is C14H18N6S. The number of hydrazine groups is 1. The molecule has 1 saturated heterocycles. The van der Waals surface area contributed by atoms with Gasteiger partial charge in [0.1, 0.15) is 0 Å². The summed E-state index contributed by atoms with van der Waals surface area (Å²) in [4.78, 5) is 16.5. The highest BCUT2D eigenvalue weighted by Crippen LogP contribution is 2.27. The predicted octanol–water partition coefficient (Wildman–Crippen LogP) is 2.22. The Kier molecular flexibility index (Phi) is 4.21. The predicted molar refractivity (Wildman–Crippen MR) is 84.4 cm³/mol. The first-order valence-electron chi connectivity index (χ1n) is 6.97. The summed E-state index contributed by atoms with van der Waals surface area (Å²) >= 11 is 1.51. The van der Waals surface area contributed by atoms with Gasteiger partial charge in [0.05, 0.1) is 0 Å². The molecule has 0 saturated carbocycles. The lowest BCUT2D eigenvalue weighted by Crippen LogP contribution is -2.22. The second-order valence-electron chi connectivity index (χ2n) is 5.00. The van der Waals surface area contributed by atoms with Gasteiger partial charge in [0.15, 0.2) is 5.16 Å². The van der Waals surface area contributed by atoms with Gasteiger partial charge < -0.3 is 4.90 Å². The molecule has 3 N–H and O–H groups in total. The van der Waals surface area contributed by atoms with Gasteiger partial charge in [0.2, 0.25) is 11.9 Å². The van der Waals surface area contributed by atoms with Gasteiger partial charge in [-0.25, -0.2) is 5.84 Å². The maximum Gasteiger partial charge on any atom is 0.242 e. The van der Waals surface area contributed by atoms with E-state index in [1.54, 1.807) is 0 Å². The minimum atomic E-state index is 0.404. The number of aryl methyl sites for hydroxylation is 1. The standard InChI is InChI=1S/C14H18N6S/c1-10-4-6-11(7-5-10)21-14-17-12(19-15)16-13(18-14)20-8-2-3-9-20/h4-7H,2-3,8-9,15H2,1H3,(H,16,17,18,19). The lowest BCUT2D eigenvalue weighted by atomic mass is 10.2. The summed E-state index contributed by atoms with van der Waals surface area (Å²) in [5.41, 5.74) is 3.76. The summed E-state index contributed by atoms with van der Waals surface area (Å²) in [6.45, 7) is 4.05. The Bertz CT molecular complexity index is 609. The number of nitrogens with one attached hydrogen (secondary N) is 1. The van der Waals surface area contributed by atoms with Crippen molar-refractivity contribution in [2.75, 3.05) is 23.4 Å². The van der Waals surface area contributed by atoms with E-state index in [9.17, 15) is 0 Å². The smallest absolute Gasteiger partial charge is 0.242 e. The maximum absolute atomic E-state index is 5.47. The Morgan fingerprint density at radius 3 is 2.48 bits per heavy atom. The number of aromatic nitrogens is 3. The fourth-order valence-corrected chi connectivity index (χ4v) is 2.97. The number of hydrogen-bond acceptors (Lipinski definition) is 7. The number of anilines is 2. The topological polar surface area (TPSA) is 80.0 Å². The number of nitrogen functional groups attached to an aromatic ring is 1. The summed E-state index contributed by atoms with van der Waals surface area (Å²) in [6.07, 6.45) is 2.36. The van der Waals surface area contributed by atoms with Crippen LogP contribution < -0.4 is 16.2 Å². The number of benzene rings is 1. The van der Waals surface area contributed by atoms with Crippen molar-refractivity contribution in [3.05, 3.63) is 29.8 Å². The van der Waals surface area contributed by atoms with Gasteiger partial charge in [0.25, 0.3) is 0 Å². The van der Waals surface area contributed by atoms with Crippen molar-refractivity contribution in [1.82, 2.24) is 15.0 Å². The first-order chi connectivity index (χ1) is 10.2. The largest absolute Gasteiger partial charge is 0.341 e. The van der Waals surface area contributed by atoms with Crippen molar-refractivity contribution in [2.45, 2.75) is 29.8 Å². The molecule has 110 valence electrons. The molecule has 2 heterocycles. The average Bonchev–Trinajstić information content (AvgIpc) is 3.04. The van der Waals surface area contributed by atoms with Crippen LogP contribution in [0.2, 0.25) is 0 Å². The zero-order chi connectivity index (χ0) is 14.7. The molecule has 7 heteroatoms. The van der Waals surface area contributed by atoms with Gasteiger partial charge in [-0.05, 0) is 43.7 Å². The minimum absolute atomic E-state index is 0.404. The highest BCUT2D eigenvalue weighted by atomic mass is 32.2. The SMILES string of the molecule is Cc1ccc(Sc2nc(NN)nc(N3CCCC3)n2)cc1. The zero-order valence-corrected chi connectivity index (χ0v) is 12.7. The second kappa shape index (κ2) is 6.28. The molecule has 3 rings (SSSR count). The van der Waals surface area contributed by atoms with Crippen LogP contribution in [0.5, 0.6) is 0 Å². The quantitative estimate of drug-likeness (QED) is 0.662. The Balaban J connectivity index is 1.86. The molecule has 2 aromatic rings. The molecule has 1 aromatic heterocycles. The Morgan fingerprint density at radius 1 is 1.10 bits per heavy atom. The van der Waals surface area contributed by atoms with Gasteiger partial charge in [-0.2, -0.15) is 15.0 Å². The molecular weight excluding hydrogens is 284 g/mol. The van der Waals surface area contributed by atoms with E-state index in [2.05, 4.69) is 56.5 Å². The first-order valence-corrected chi connectivity index (χ1v) is 7.78. The van der Waals surface area contributed by atoms with Crippen molar-refractivity contribution in [2.24, 2.45) is 5.84 Å². The average molecular weight is 302 g/mol. The molecule has 1 aliphatic rings. The molecule has 0 spiro atoms. The van der Waals surface area contributed by atoms with E-state index < -0.39 is 0 Å². The lowest BCUT2D eigenvalue weighted by molar-refractivity contribution is 0.827. The van der Waals surface area contributed by atoms with E-state index in [1.165, 1.54) is 30.2 Å². The molecule has 0 radical (unpaired) electrons. The van der Waals surface area contributed by atoms with E-state index in [4.69, 9.17) is 5.84 Å². The molecule has 1 aromatic carbocycles. The van der Waals surface area contributed by atoms with E-state index in [0.717, 1.165) is 18.0 Å². The van der Waals surface area contributed by atoms with Gasteiger partial charge in [-0.3, -0.25) is 5.43 Å². The van der Waals surface area contributed by atoms with E-state index in [0.29, 0.717) is 17.1 Å². The number of nitrogens with two attached hydrogens (primary N) is 1. The minimum Gasteiger partial charge on any atom is -0.341 e. The molecule has 0 atom stereocenters. The van der Waals surface area contributed by atoms with Gasteiger partial charge in [-0.15, -0.1) is 0 Å². The van der Waals surface area contributed by atoms with Crippen molar-refractivity contribution >= 4 is 23.7 Å². The fourth-order valence-electron chi connectivity index (χ4n) is 2.23. The van der Waals surface area contributed by atoms with Crippen LogP contribution in [0, 0.1) is 6.92 Å². The van der Waals surface area contributed by atoms with Gasteiger partial charge in [-0.1, -0.05) is 17.7 Å². The third-order valence-electron chi connectivity index (χ3n) is 3.35. The van der Waals surface area contributed by atoms with Crippen molar-refractivity contribution in [3.8, 4) is 0 Å². The first kappa shape index (κ1) is 14.1. The molecule has 6 nitrogen and oxygen atoms in total. The van der Waals surface area contributed by atoms with E-state index >= 15 is 0 Å². The van der Waals surface area contributed by atoms with Gasteiger partial charge in [0, 0.05) is 18.0 Å². The highest BCUT2D eigenvalue weighted by Gasteiger charge is 2.17. The zero-order valence-electron chi connectivity index (χ0n) is 11.9. The second-order valence-corrected chi connectivity index (χ2v) is 6.04. The highest BCUT2D eigenvalue weighted by molar-refractivity contribution is 7.99. The van der Waals surface area contributed by atoms with Crippen LogP contribution in [0.25, 0.3) is 0 Å². The number of nitrogens with zero attached hydrogens (tertiary/aromatic N) is 4. The van der Waals surface area contributed by atoms with Crippen LogP contribution in [-0.4, -0.2) is 28.0 Å². The van der Waals surface area contributed by atoms with Crippen LogP contribution in [0.15, 0.2) is 34.3 Å². The number of rotatable bonds is 4. The van der Waals surface area contributed by atoms with Gasteiger partial charge >= 0.3 is 0 Å². The maximum atomic E-state index is 5.47. The van der Waals surface area contributed by atoms with E-state index in [1.807, 2.05) is 0 Å². The molecule has 21 heavy (non-hydrogen) atoms. The summed E-state index contributed by atoms with van der Waals surface area (Å²) < 4.78 is 0. The summed E-state index contributed by atoms with van der Waals surface area (Å²) in [5, 5.41) is 0.656. The molecule has 0 bridgehead atoms. The molecule has 0 aliphatic carbocycles. The monoisotopic (exact) mass is 302 g/mol. The van der Waals surface area contributed by atoms with Crippen molar-refractivity contribution < 1.29 is 0 Å². The number of hydrogen-bond donors (Lipinski definition) is 2. The fraction of sp³-hybridized carbons (Fsp3) is 0.357. The third kappa shape index (κ3) is 3.43. The molecule has 0 amide bonds. The third-order valence-corrected chi connectivity index (χ3v) is 4.22. The Labute approximate surface area is 128 Å². The van der Waals surface area contributed by atoms with E-state index in [-0.39, 0.29) is 0 Å². The van der Waals surface area contributed by atoms with Crippen LogP contribution in [0.3, 0.4) is 0 Å². The lowest BCUT2D eigenvalue weighted by Gasteiger charge is -2.16. The summed E-state index contributed by atoms with van der Waals surface area (Å²) in [5.74, 6) is 6.57. The van der Waals surface area contributed by atoms with Crippen molar-refractivity contribution in [1.29, 1.82) is 0 Å². The molecule has 1 fully saturated rings. The van der Waals surface area contributed by atoms with Crippen LogP contribution >= 0.6 is 11.8 Å². The van der Waals surface area contributed by atoms with Crippen LogP contribution in [-0.2, 0) is 0 Å². The Morgan fingerprint density at radius 2 is 1.81 bits per heavy atom. The van der Waals surface area contributed by atoms with Crippen LogP contribution in [0.1, 0.15) is 18.4 Å². The molecule has 0 unspecified atom stereocenters.